The number of halogens is 1. The van der Waals surface area contributed by atoms with Crippen LogP contribution < -0.4 is 14.4 Å². The lowest BCUT2D eigenvalue weighted by atomic mass is 9.64. The number of fused-ring (bicyclic) bond motifs is 3. The number of carbonyl (C=O) groups excluding carboxylic acids is 1. The van der Waals surface area contributed by atoms with Gasteiger partial charge in [-0.15, -0.1) is 0 Å². The van der Waals surface area contributed by atoms with Gasteiger partial charge in [-0.05, 0) is 105 Å². The molecule has 0 aromatic heterocycles. The Morgan fingerprint density at radius 3 is 2.66 bits per heavy atom. The highest BCUT2D eigenvalue weighted by atomic mass is 35.5. The summed E-state index contributed by atoms with van der Waals surface area (Å²) in [6.07, 6.45) is 9.20. The lowest BCUT2D eigenvalue weighted by molar-refractivity contribution is -0.00303. The summed E-state index contributed by atoms with van der Waals surface area (Å²) in [4.78, 5) is 18.1. The second kappa shape index (κ2) is 16.1. The molecule has 2 bridgehead atoms. The Labute approximate surface area is 302 Å². The normalized spacial score (nSPS) is 29.7. The number of hydrogen-bond donors (Lipinski definition) is 2. The van der Waals surface area contributed by atoms with Crippen LogP contribution in [0.15, 0.2) is 48.6 Å². The number of rotatable bonds is 2. The van der Waals surface area contributed by atoms with Gasteiger partial charge in [-0.3, -0.25) is 9.69 Å². The first-order valence-corrected chi connectivity index (χ1v) is 20.0. The summed E-state index contributed by atoms with van der Waals surface area (Å²) < 4.78 is 41.1. The number of aryl methyl sites for hydroxylation is 1. The maximum atomic E-state index is 13.5. The number of allylic oxidation sites excluding steroid dienone is 1. The fraction of sp³-hybridized carbons (Fsp3) is 0.564. The van der Waals surface area contributed by atoms with Crippen molar-refractivity contribution in [3.63, 3.8) is 0 Å². The molecule has 9 nitrogen and oxygen atoms in total. The Morgan fingerprint density at radius 2 is 1.88 bits per heavy atom. The van der Waals surface area contributed by atoms with Gasteiger partial charge < -0.3 is 19.5 Å². The number of ether oxygens (including phenoxy) is 2. The number of morpholine rings is 1. The zero-order valence-electron chi connectivity index (χ0n) is 29.2. The van der Waals surface area contributed by atoms with Crippen LogP contribution in [0.1, 0.15) is 73.9 Å². The number of anilines is 1. The van der Waals surface area contributed by atoms with E-state index in [1.54, 1.807) is 31.2 Å². The molecule has 3 aliphatic heterocycles. The van der Waals surface area contributed by atoms with E-state index in [-0.39, 0.29) is 23.3 Å². The number of sulfonamides is 1. The van der Waals surface area contributed by atoms with Gasteiger partial charge in [-0.1, -0.05) is 42.5 Å². The maximum absolute atomic E-state index is 13.5. The quantitative estimate of drug-likeness (QED) is 0.305. The van der Waals surface area contributed by atoms with Crippen molar-refractivity contribution in [3.05, 3.63) is 70.3 Å². The lowest BCUT2D eigenvalue weighted by Gasteiger charge is -2.46. The highest BCUT2D eigenvalue weighted by Gasteiger charge is 2.45. The van der Waals surface area contributed by atoms with E-state index in [2.05, 4.69) is 26.4 Å². The molecule has 11 heteroatoms. The van der Waals surface area contributed by atoms with Crippen molar-refractivity contribution < 1.29 is 27.8 Å². The highest BCUT2D eigenvalue weighted by Crippen LogP contribution is 2.45. The number of amides is 1. The van der Waals surface area contributed by atoms with Gasteiger partial charge in [-0.25, -0.2) is 13.1 Å². The van der Waals surface area contributed by atoms with Crippen molar-refractivity contribution in [3.8, 4) is 17.6 Å². The molecular formula is C39H50ClN3O6S. The highest BCUT2D eigenvalue weighted by molar-refractivity contribution is 7.90. The Bertz CT molecular complexity index is 1730. The predicted molar refractivity (Wildman–Crippen MR) is 197 cm³/mol. The van der Waals surface area contributed by atoms with Crippen LogP contribution in [0.25, 0.3) is 0 Å². The Morgan fingerprint density at radius 1 is 1.06 bits per heavy atom. The average molecular weight is 724 g/mol. The van der Waals surface area contributed by atoms with Crippen molar-refractivity contribution in [1.29, 1.82) is 0 Å². The van der Waals surface area contributed by atoms with E-state index in [0.717, 1.165) is 81.8 Å². The molecule has 4 aliphatic rings. The summed E-state index contributed by atoms with van der Waals surface area (Å²) in [5.74, 6) is 6.27. The Balaban J connectivity index is 1.35. The molecule has 270 valence electrons. The van der Waals surface area contributed by atoms with Crippen molar-refractivity contribution >= 4 is 33.2 Å². The van der Waals surface area contributed by atoms with Gasteiger partial charge in [0.1, 0.15) is 18.0 Å². The lowest BCUT2D eigenvalue weighted by Crippen LogP contribution is -2.49. The van der Waals surface area contributed by atoms with Gasteiger partial charge in [0, 0.05) is 55.6 Å². The molecule has 2 aromatic carbocycles. The molecule has 2 aromatic rings. The van der Waals surface area contributed by atoms with Crippen molar-refractivity contribution in [2.75, 3.05) is 50.8 Å². The summed E-state index contributed by atoms with van der Waals surface area (Å²) in [6, 6.07) is 11.0. The Hall–Kier alpha value is -3.07. The van der Waals surface area contributed by atoms with Crippen LogP contribution in [0.5, 0.6) is 5.75 Å². The van der Waals surface area contributed by atoms with Gasteiger partial charge in [0.15, 0.2) is 0 Å². The van der Waals surface area contributed by atoms with Crippen molar-refractivity contribution in [2.24, 2.45) is 17.8 Å². The topological polar surface area (TPSA) is 108 Å². The summed E-state index contributed by atoms with van der Waals surface area (Å²) in [5, 5.41) is 12.1. The average Bonchev–Trinajstić information content (AvgIpc) is 3.11. The van der Waals surface area contributed by atoms with Crippen LogP contribution in [-0.4, -0.2) is 81.1 Å². The summed E-state index contributed by atoms with van der Waals surface area (Å²) in [6.45, 7) is 9.20. The smallest absolute Gasteiger partial charge is 0.264 e. The summed E-state index contributed by atoms with van der Waals surface area (Å²) in [7, 11) is -3.99. The van der Waals surface area contributed by atoms with Crippen LogP contribution in [0.3, 0.4) is 0 Å². The summed E-state index contributed by atoms with van der Waals surface area (Å²) in [5.41, 5.74) is 1.86. The van der Waals surface area contributed by atoms with Crippen molar-refractivity contribution in [1.82, 2.24) is 9.62 Å². The minimum Gasteiger partial charge on any atom is -0.487 e. The van der Waals surface area contributed by atoms with Crippen LogP contribution >= 0.6 is 11.6 Å². The molecule has 0 radical (unpaired) electrons. The minimum atomic E-state index is -3.99. The fourth-order valence-corrected chi connectivity index (χ4v) is 8.95. The van der Waals surface area contributed by atoms with E-state index in [1.165, 1.54) is 0 Å². The second-order valence-corrected chi connectivity index (χ2v) is 16.8. The van der Waals surface area contributed by atoms with Crippen LogP contribution in [0, 0.1) is 29.6 Å². The third-order valence-corrected chi connectivity index (χ3v) is 13.2. The monoisotopic (exact) mass is 723 g/mol. The van der Waals surface area contributed by atoms with E-state index >= 15 is 0 Å². The van der Waals surface area contributed by atoms with Gasteiger partial charge in [-0.2, -0.15) is 0 Å². The molecule has 5 atom stereocenters. The number of hydrogen-bond acceptors (Lipinski definition) is 8. The molecule has 6 rings (SSSR count). The molecule has 3 heterocycles. The van der Waals surface area contributed by atoms with Crippen LogP contribution in [0.2, 0.25) is 5.02 Å². The number of benzene rings is 2. The number of nitrogens with zero attached hydrogens (tertiary/aromatic N) is 2. The van der Waals surface area contributed by atoms with E-state index < -0.39 is 26.8 Å². The van der Waals surface area contributed by atoms with Gasteiger partial charge in [0.05, 0.1) is 24.2 Å². The van der Waals surface area contributed by atoms with Crippen LogP contribution in [-0.2, 0) is 27.8 Å². The third kappa shape index (κ3) is 8.68. The molecule has 2 fully saturated rings. The molecule has 1 amide bonds. The molecule has 2 N–H and O–H groups in total. The van der Waals surface area contributed by atoms with E-state index in [9.17, 15) is 18.3 Å². The van der Waals surface area contributed by atoms with Gasteiger partial charge in [0.2, 0.25) is 10.0 Å². The van der Waals surface area contributed by atoms with Crippen molar-refractivity contribution in [2.45, 2.75) is 76.3 Å². The van der Waals surface area contributed by atoms with E-state index in [0.29, 0.717) is 43.3 Å². The molecule has 50 heavy (non-hydrogen) atoms. The zero-order valence-corrected chi connectivity index (χ0v) is 30.8. The van der Waals surface area contributed by atoms with Crippen LogP contribution in [0.4, 0.5) is 5.69 Å². The SMILES string of the molecule is C[C@@H]1[C@@H](C)C/C=C/[C@@](O)(C#CCCN2CCOCC2)[C@@H]2CC[C@H]2CN2CCCCc3cc(Cl)ccc3COc3ccc(cc32)C(=O)NS1(=O)=O. The van der Waals surface area contributed by atoms with Gasteiger partial charge in [0.25, 0.3) is 5.91 Å². The number of nitrogens with one attached hydrogen (secondary N) is 1. The second-order valence-electron chi connectivity index (χ2n) is 14.4. The first kappa shape index (κ1) is 36.7. The zero-order chi connectivity index (χ0) is 35.3. The minimum absolute atomic E-state index is 0.0977. The molecule has 0 spiro atoms. The standard InChI is InChI=1S/C39H50ClN3O6S/c1-28-8-7-17-39(45,16-4-6-18-42-20-22-48-23-21-42)35-14-11-32(35)26-43-19-5-3-9-30-24-34(40)13-10-33(30)27-49-37-15-12-31(25-36(37)43)38(44)41-50(46,47)29(28)2/h7,10,12-13,15,17,24-25,28-29,32,35,45H,3,5-6,8-9,11,14,18-23,26-27H2,1-2H3,(H,41,44)/b17-7+/t28-,29+,32-,35+,39-/m0/s1. The Kier molecular flexibility index (Phi) is 11.8. The summed E-state index contributed by atoms with van der Waals surface area (Å²) >= 11 is 6.36. The third-order valence-electron chi connectivity index (χ3n) is 11.0. The molecule has 1 aliphatic carbocycles. The largest absolute Gasteiger partial charge is 0.487 e. The van der Waals surface area contributed by atoms with Gasteiger partial charge >= 0.3 is 0 Å². The van der Waals surface area contributed by atoms with E-state index in [4.69, 9.17) is 21.1 Å². The molecule has 0 unspecified atom stereocenters. The number of carbonyl (C=O) groups is 1. The fourth-order valence-electron chi connectivity index (χ4n) is 7.47. The predicted octanol–water partition coefficient (Wildman–Crippen LogP) is 5.59. The first-order valence-electron chi connectivity index (χ1n) is 18.1. The molecule has 1 saturated carbocycles. The van der Waals surface area contributed by atoms with E-state index in [1.807, 2.05) is 31.2 Å². The number of aliphatic hydroxyl groups is 1. The maximum Gasteiger partial charge on any atom is 0.264 e. The molecule has 1 saturated heterocycles. The molecular weight excluding hydrogens is 674 g/mol. The first-order chi connectivity index (χ1) is 24.0.